The molecule has 1 saturated carbocycles. The summed E-state index contributed by atoms with van der Waals surface area (Å²) in [7, 11) is 0. The summed E-state index contributed by atoms with van der Waals surface area (Å²) >= 11 is 0. The molecule has 2 aromatic carbocycles. The number of carbonyl (C=O) groups excluding carboxylic acids is 1. The normalized spacial score (nSPS) is 20.3. The van der Waals surface area contributed by atoms with Crippen LogP contribution in [0.2, 0.25) is 0 Å². The summed E-state index contributed by atoms with van der Waals surface area (Å²) in [6.07, 6.45) is 6.93. The smallest absolute Gasteiger partial charge is 0.339 e. The number of aromatic nitrogens is 3. The third-order valence-electron chi connectivity index (χ3n) is 8.33. The van der Waals surface area contributed by atoms with Gasteiger partial charge in [-0.25, -0.2) is 13.9 Å². The van der Waals surface area contributed by atoms with Crippen LogP contribution >= 0.6 is 0 Å². The number of carboxylic acid groups (broad SMARTS) is 1. The maximum Gasteiger partial charge on any atom is 0.339 e. The van der Waals surface area contributed by atoms with Crippen LogP contribution in [0.5, 0.6) is 0 Å². The zero-order chi connectivity index (χ0) is 28.7. The van der Waals surface area contributed by atoms with Gasteiger partial charge in [0.25, 0.3) is 5.91 Å². The van der Waals surface area contributed by atoms with E-state index in [2.05, 4.69) is 17.2 Å². The van der Waals surface area contributed by atoms with Crippen molar-refractivity contribution in [2.24, 2.45) is 0 Å². The van der Waals surface area contributed by atoms with Crippen molar-refractivity contribution in [3.63, 3.8) is 0 Å². The van der Waals surface area contributed by atoms with E-state index in [4.69, 9.17) is 4.52 Å². The third kappa shape index (κ3) is 5.05. The third-order valence-corrected chi connectivity index (χ3v) is 8.33. The Labute approximate surface area is 237 Å². The number of likely N-dealkylation sites (tertiary alicyclic amines) is 1. The number of amides is 1. The number of piperidine rings is 1. The molecule has 3 heterocycles. The van der Waals surface area contributed by atoms with E-state index < -0.39 is 11.8 Å². The van der Waals surface area contributed by atoms with Gasteiger partial charge in [0.1, 0.15) is 17.1 Å². The minimum Gasteiger partial charge on any atom is -0.478 e. The van der Waals surface area contributed by atoms with E-state index >= 15 is 4.39 Å². The van der Waals surface area contributed by atoms with Gasteiger partial charge in [-0.05, 0) is 62.8 Å². The van der Waals surface area contributed by atoms with Crippen LogP contribution in [0.25, 0.3) is 16.8 Å². The van der Waals surface area contributed by atoms with Crippen LogP contribution in [0.3, 0.4) is 0 Å². The zero-order valence-corrected chi connectivity index (χ0v) is 23.2. The van der Waals surface area contributed by atoms with Crippen molar-refractivity contribution in [3.8, 4) is 16.8 Å². The van der Waals surface area contributed by atoms with Crippen LogP contribution in [0.4, 0.5) is 4.39 Å². The molecular weight excluding hydrogens is 523 g/mol. The Balaban J connectivity index is 1.34. The molecule has 1 saturated heterocycles. The lowest BCUT2D eigenvalue weighted by Gasteiger charge is -2.36. The monoisotopic (exact) mass is 556 g/mol. The average Bonchev–Trinajstić information content (AvgIpc) is 3.42. The summed E-state index contributed by atoms with van der Waals surface area (Å²) in [6.45, 7) is 4.60. The molecule has 0 spiro atoms. The van der Waals surface area contributed by atoms with E-state index in [1.165, 1.54) is 6.20 Å². The van der Waals surface area contributed by atoms with Gasteiger partial charge in [0.05, 0.1) is 28.8 Å². The van der Waals surface area contributed by atoms with E-state index in [-0.39, 0.29) is 34.9 Å². The molecule has 0 bridgehead atoms. The number of benzene rings is 2. The Kier molecular flexibility index (Phi) is 7.19. The molecule has 8 nitrogen and oxygen atoms in total. The number of carboxylic acids is 1. The Morgan fingerprint density at radius 2 is 1.93 bits per heavy atom. The molecule has 4 aromatic rings. The number of aromatic carboxylic acids is 1. The maximum atomic E-state index is 16.0. The standard InChI is InChI=1S/C32H33FN4O4/c1-3-8-21-10-4-5-14-36(21)31(38)24-13-7-12-23(29(24)33)20-9-6-11-22(16-20)37-30(27(18-34-37)32(39)40)26-17-25(26)28-15-19(2)35-41-28/h6-7,9,11-13,15-16,18,21,25-26H,3-5,8,10,14,17H2,1-2H3,(H,39,40). The number of aryl methyl sites for hydroxylation is 1. The van der Waals surface area contributed by atoms with E-state index in [1.807, 2.05) is 24.0 Å². The number of halogens is 1. The molecule has 6 rings (SSSR count). The number of carbonyl (C=O) groups is 2. The first kappa shape index (κ1) is 26.9. The molecule has 3 atom stereocenters. The predicted molar refractivity (Wildman–Crippen MR) is 151 cm³/mol. The lowest BCUT2D eigenvalue weighted by atomic mass is 9.96. The molecule has 9 heteroatoms. The van der Waals surface area contributed by atoms with Crippen molar-refractivity contribution in [2.75, 3.05) is 6.54 Å². The van der Waals surface area contributed by atoms with Gasteiger partial charge in [0.2, 0.25) is 0 Å². The van der Waals surface area contributed by atoms with Crippen LogP contribution < -0.4 is 0 Å². The van der Waals surface area contributed by atoms with Crippen molar-refractivity contribution in [1.82, 2.24) is 19.8 Å². The molecule has 0 radical (unpaired) electrons. The van der Waals surface area contributed by atoms with Crippen molar-refractivity contribution in [3.05, 3.63) is 88.8 Å². The van der Waals surface area contributed by atoms with Gasteiger partial charge >= 0.3 is 5.97 Å². The van der Waals surface area contributed by atoms with Gasteiger partial charge in [0.15, 0.2) is 0 Å². The number of hydrogen-bond acceptors (Lipinski definition) is 5. The van der Waals surface area contributed by atoms with Gasteiger partial charge in [-0.1, -0.05) is 42.8 Å². The van der Waals surface area contributed by atoms with E-state index in [0.717, 1.165) is 43.6 Å². The van der Waals surface area contributed by atoms with Crippen LogP contribution in [-0.2, 0) is 0 Å². The quantitative estimate of drug-likeness (QED) is 0.258. The van der Waals surface area contributed by atoms with E-state index in [0.29, 0.717) is 35.5 Å². The van der Waals surface area contributed by atoms with Gasteiger partial charge in [-0.2, -0.15) is 5.10 Å². The molecular formula is C32H33FN4O4. The molecule has 3 unspecified atom stereocenters. The summed E-state index contributed by atoms with van der Waals surface area (Å²) in [4.78, 5) is 27.5. The van der Waals surface area contributed by atoms with E-state index in [9.17, 15) is 14.7 Å². The fraction of sp³-hybridized carbons (Fsp3) is 0.375. The highest BCUT2D eigenvalue weighted by Crippen LogP contribution is 2.55. The summed E-state index contributed by atoms with van der Waals surface area (Å²) in [6, 6.07) is 14.1. The van der Waals surface area contributed by atoms with Crippen LogP contribution in [0.15, 0.2) is 59.3 Å². The van der Waals surface area contributed by atoms with E-state index in [1.54, 1.807) is 41.1 Å². The zero-order valence-electron chi connectivity index (χ0n) is 23.2. The highest BCUT2D eigenvalue weighted by Gasteiger charge is 2.46. The molecule has 2 aliphatic rings. The van der Waals surface area contributed by atoms with Crippen LogP contribution in [0, 0.1) is 12.7 Å². The minimum absolute atomic E-state index is 0.0133. The van der Waals surface area contributed by atoms with Crippen molar-refractivity contribution in [2.45, 2.75) is 70.3 Å². The summed E-state index contributed by atoms with van der Waals surface area (Å²) in [5, 5.41) is 18.3. The van der Waals surface area contributed by atoms with Gasteiger partial charge in [-0.15, -0.1) is 0 Å². The lowest BCUT2D eigenvalue weighted by Crippen LogP contribution is -2.44. The Hall–Kier alpha value is -4.27. The SMILES string of the molecule is CCCC1CCCCN1C(=O)c1cccc(-c2cccc(-n3ncc(C(=O)O)c3C3CC3c3cc(C)no3)c2)c1F. The fourth-order valence-corrected chi connectivity index (χ4v) is 6.24. The first-order chi connectivity index (χ1) is 19.9. The van der Waals surface area contributed by atoms with Crippen molar-refractivity contribution in [1.29, 1.82) is 0 Å². The molecule has 41 heavy (non-hydrogen) atoms. The summed E-state index contributed by atoms with van der Waals surface area (Å²) in [5.74, 6) is -1.23. The Bertz CT molecular complexity index is 1610. The number of hydrogen-bond donors (Lipinski definition) is 1. The van der Waals surface area contributed by atoms with Gasteiger partial charge in [-0.3, -0.25) is 4.79 Å². The molecule has 2 aromatic heterocycles. The van der Waals surface area contributed by atoms with Gasteiger partial charge in [0, 0.05) is 36.1 Å². The first-order valence-electron chi connectivity index (χ1n) is 14.3. The van der Waals surface area contributed by atoms with Crippen LogP contribution in [-0.4, -0.2) is 49.4 Å². The average molecular weight is 557 g/mol. The second-order valence-corrected chi connectivity index (χ2v) is 11.1. The maximum absolute atomic E-state index is 16.0. The molecule has 212 valence electrons. The Morgan fingerprint density at radius 1 is 1.10 bits per heavy atom. The molecule has 2 fully saturated rings. The predicted octanol–water partition coefficient (Wildman–Crippen LogP) is 6.74. The summed E-state index contributed by atoms with van der Waals surface area (Å²) in [5.41, 5.74) is 3.05. The first-order valence-corrected chi connectivity index (χ1v) is 14.3. The highest BCUT2D eigenvalue weighted by molar-refractivity contribution is 5.96. The lowest BCUT2D eigenvalue weighted by molar-refractivity contribution is 0.0595. The van der Waals surface area contributed by atoms with Gasteiger partial charge < -0.3 is 14.5 Å². The minimum atomic E-state index is -1.06. The van der Waals surface area contributed by atoms with Crippen LogP contribution in [0.1, 0.15) is 95.1 Å². The molecule has 1 N–H and O–H groups in total. The summed E-state index contributed by atoms with van der Waals surface area (Å²) < 4.78 is 23.1. The largest absolute Gasteiger partial charge is 0.478 e. The fourth-order valence-electron chi connectivity index (χ4n) is 6.24. The topological polar surface area (TPSA) is 101 Å². The van der Waals surface area contributed by atoms with Crippen molar-refractivity contribution < 1.29 is 23.6 Å². The number of nitrogens with zero attached hydrogens (tertiary/aromatic N) is 4. The molecule has 1 amide bonds. The Morgan fingerprint density at radius 3 is 2.68 bits per heavy atom. The molecule has 1 aliphatic heterocycles. The second-order valence-electron chi connectivity index (χ2n) is 11.1. The molecule has 1 aliphatic carbocycles. The number of rotatable bonds is 8. The van der Waals surface area contributed by atoms with Crippen molar-refractivity contribution >= 4 is 11.9 Å². The highest BCUT2D eigenvalue weighted by atomic mass is 19.1. The second kappa shape index (κ2) is 11.0.